The third-order valence-electron chi connectivity index (χ3n) is 7.03. The van der Waals surface area contributed by atoms with E-state index in [1.807, 2.05) is 9.58 Å². The highest BCUT2D eigenvalue weighted by atomic mass is 32.2. The average Bonchev–Trinajstić information content (AvgIpc) is 3.30. The second kappa shape index (κ2) is 9.56. The van der Waals surface area contributed by atoms with E-state index in [9.17, 15) is 4.79 Å². The van der Waals surface area contributed by atoms with Gasteiger partial charge in [0.1, 0.15) is 0 Å². The summed E-state index contributed by atoms with van der Waals surface area (Å²) in [6, 6.07) is 17.2. The zero-order valence-electron chi connectivity index (χ0n) is 19.4. The van der Waals surface area contributed by atoms with E-state index in [2.05, 4.69) is 53.4 Å². The molecule has 176 valence electrons. The number of thioether (sulfide) groups is 1. The zero-order valence-corrected chi connectivity index (χ0v) is 20.2. The Labute approximate surface area is 204 Å². The van der Waals surface area contributed by atoms with Gasteiger partial charge < -0.3 is 9.64 Å². The Hall–Kier alpha value is -2.61. The minimum Gasteiger partial charge on any atom is -0.378 e. The molecule has 0 radical (unpaired) electrons. The molecule has 2 fully saturated rings. The third-order valence-corrected chi connectivity index (χ3v) is 8.13. The van der Waals surface area contributed by atoms with Crippen LogP contribution in [-0.2, 0) is 17.0 Å². The van der Waals surface area contributed by atoms with Gasteiger partial charge in [0.25, 0.3) is 5.91 Å². The van der Waals surface area contributed by atoms with Gasteiger partial charge in [-0.15, -0.1) is 11.8 Å². The van der Waals surface area contributed by atoms with Gasteiger partial charge in [-0.2, -0.15) is 5.10 Å². The van der Waals surface area contributed by atoms with Crippen molar-refractivity contribution in [2.75, 3.05) is 39.4 Å². The maximum absolute atomic E-state index is 13.5. The van der Waals surface area contributed by atoms with Crippen molar-refractivity contribution in [1.29, 1.82) is 0 Å². The summed E-state index contributed by atoms with van der Waals surface area (Å²) in [7, 11) is 0. The van der Waals surface area contributed by atoms with Gasteiger partial charge >= 0.3 is 0 Å². The fourth-order valence-electron chi connectivity index (χ4n) is 5.19. The van der Waals surface area contributed by atoms with Crippen molar-refractivity contribution in [1.82, 2.24) is 19.6 Å². The first-order valence-electron chi connectivity index (χ1n) is 12.3. The molecule has 6 nitrogen and oxygen atoms in total. The predicted octanol–water partition coefficient (Wildman–Crippen LogP) is 4.60. The minimum absolute atomic E-state index is 0.0139. The van der Waals surface area contributed by atoms with E-state index in [0.717, 1.165) is 34.8 Å². The number of morpholine rings is 1. The second-order valence-electron chi connectivity index (χ2n) is 9.28. The lowest BCUT2D eigenvalue weighted by atomic mass is 10.0. The number of hydrogen-bond acceptors (Lipinski definition) is 5. The zero-order chi connectivity index (χ0) is 22.9. The number of aromatic nitrogens is 2. The van der Waals surface area contributed by atoms with E-state index in [1.165, 1.54) is 42.8 Å². The van der Waals surface area contributed by atoms with Crippen molar-refractivity contribution >= 4 is 17.7 Å². The van der Waals surface area contributed by atoms with Crippen LogP contribution in [-0.4, -0.2) is 64.9 Å². The van der Waals surface area contributed by atoms with Crippen LogP contribution >= 0.6 is 11.8 Å². The molecule has 3 aliphatic rings. The van der Waals surface area contributed by atoms with E-state index in [-0.39, 0.29) is 5.91 Å². The van der Waals surface area contributed by atoms with E-state index in [4.69, 9.17) is 9.84 Å². The van der Waals surface area contributed by atoms with Gasteiger partial charge in [0.05, 0.1) is 24.6 Å². The van der Waals surface area contributed by atoms with Crippen LogP contribution in [0.15, 0.2) is 53.4 Å². The lowest BCUT2D eigenvalue weighted by molar-refractivity contribution is 0.0298. The number of benzene rings is 2. The minimum atomic E-state index is 0.0139. The first-order valence-corrected chi connectivity index (χ1v) is 13.3. The fourth-order valence-corrected chi connectivity index (χ4v) is 6.26. The Morgan fingerprint density at radius 3 is 2.50 bits per heavy atom. The van der Waals surface area contributed by atoms with Gasteiger partial charge in [-0.1, -0.05) is 36.8 Å². The maximum atomic E-state index is 13.5. The molecule has 0 aliphatic carbocycles. The molecule has 1 aromatic heterocycles. The fraction of sp³-hybridized carbons (Fsp3) is 0.407. The van der Waals surface area contributed by atoms with E-state index in [1.54, 1.807) is 11.8 Å². The molecule has 0 unspecified atom stereocenters. The maximum Gasteiger partial charge on any atom is 0.274 e. The highest BCUT2D eigenvalue weighted by Gasteiger charge is 2.31. The first kappa shape index (κ1) is 21.9. The normalized spacial score (nSPS) is 18.4. The summed E-state index contributed by atoms with van der Waals surface area (Å²) >= 11 is 1.79. The standard InChI is InChI=1S/C27H30N4O2S/c32-27(30-14-16-33-17-15-30)25-23-19-34-24-7-3-2-6-22(24)26(23)31(28-25)21-10-8-20(9-11-21)18-29-12-4-1-5-13-29/h2-3,6-11H,1,4-5,12-19H2. The molecule has 0 spiro atoms. The Bertz CT molecular complexity index is 1180. The molecular weight excluding hydrogens is 444 g/mol. The second-order valence-corrected chi connectivity index (χ2v) is 10.3. The highest BCUT2D eigenvalue weighted by Crippen LogP contribution is 2.43. The molecular formula is C27H30N4O2S. The van der Waals surface area contributed by atoms with Crippen molar-refractivity contribution < 1.29 is 9.53 Å². The molecule has 6 rings (SSSR count). The largest absolute Gasteiger partial charge is 0.378 e. The van der Waals surface area contributed by atoms with Crippen LogP contribution in [0.4, 0.5) is 0 Å². The summed E-state index contributed by atoms with van der Waals surface area (Å²) in [5.74, 6) is 0.769. The van der Waals surface area contributed by atoms with E-state index >= 15 is 0 Å². The highest BCUT2D eigenvalue weighted by molar-refractivity contribution is 7.98. The summed E-state index contributed by atoms with van der Waals surface area (Å²) in [5, 5.41) is 4.94. The molecule has 1 amide bonds. The van der Waals surface area contributed by atoms with Crippen LogP contribution in [0.2, 0.25) is 0 Å². The molecule has 0 saturated carbocycles. The Kier molecular flexibility index (Phi) is 6.16. The number of amides is 1. The van der Waals surface area contributed by atoms with Crippen molar-refractivity contribution in [3.8, 4) is 16.9 Å². The number of ether oxygens (including phenoxy) is 1. The number of likely N-dealkylation sites (tertiary alicyclic amines) is 1. The molecule has 0 atom stereocenters. The van der Waals surface area contributed by atoms with Crippen LogP contribution in [0.5, 0.6) is 0 Å². The molecule has 0 N–H and O–H groups in total. The van der Waals surface area contributed by atoms with Crippen LogP contribution in [0.25, 0.3) is 16.9 Å². The summed E-state index contributed by atoms with van der Waals surface area (Å²) in [5.41, 5.74) is 6.15. The van der Waals surface area contributed by atoms with Gasteiger partial charge in [0.15, 0.2) is 5.69 Å². The molecule has 0 bridgehead atoms. The van der Waals surface area contributed by atoms with Gasteiger partial charge in [0, 0.05) is 41.4 Å². The number of hydrogen-bond donors (Lipinski definition) is 0. The van der Waals surface area contributed by atoms with Gasteiger partial charge in [0.2, 0.25) is 0 Å². The van der Waals surface area contributed by atoms with Gasteiger partial charge in [-0.05, 0) is 49.7 Å². The molecule has 7 heteroatoms. The lowest BCUT2D eigenvalue weighted by Gasteiger charge is -2.26. The first-order chi connectivity index (χ1) is 16.8. The monoisotopic (exact) mass is 474 g/mol. The van der Waals surface area contributed by atoms with Gasteiger partial charge in [-0.3, -0.25) is 9.69 Å². The number of fused-ring (bicyclic) bond motifs is 3. The number of carbonyl (C=O) groups excluding carboxylic acids is 1. The van der Waals surface area contributed by atoms with Crippen LogP contribution in [0.1, 0.15) is 40.9 Å². The van der Waals surface area contributed by atoms with E-state index < -0.39 is 0 Å². The van der Waals surface area contributed by atoms with Crippen molar-refractivity contribution in [2.24, 2.45) is 0 Å². The molecule has 34 heavy (non-hydrogen) atoms. The average molecular weight is 475 g/mol. The van der Waals surface area contributed by atoms with Crippen molar-refractivity contribution in [3.63, 3.8) is 0 Å². The Morgan fingerprint density at radius 1 is 0.941 bits per heavy atom. The topological polar surface area (TPSA) is 50.6 Å². The number of nitrogens with zero attached hydrogens (tertiary/aromatic N) is 4. The SMILES string of the molecule is O=C(c1nn(-c2ccc(CN3CCCCC3)cc2)c2c1CSc1ccccc1-2)N1CCOCC1. The molecule has 3 aromatic rings. The van der Waals surface area contributed by atoms with Crippen molar-refractivity contribution in [2.45, 2.75) is 36.5 Å². The number of rotatable bonds is 4. The van der Waals surface area contributed by atoms with Gasteiger partial charge in [-0.25, -0.2) is 4.68 Å². The van der Waals surface area contributed by atoms with Crippen LogP contribution in [0.3, 0.4) is 0 Å². The van der Waals surface area contributed by atoms with Crippen LogP contribution in [0, 0.1) is 0 Å². The molecule has 4 heterocycles. The summed E-state index contributed by atoms with van der Waals surface area (Å²) < 4.78 is 7.45. The Balaban J connectivity index is 1.37. The number of carbonyl (C=O) groups is 1. The van der Waals surface area contributed by atoms with Crippen LogP contribution < -0.4 is 0 Å². The Morgan fingerprint density at radius 2 is 1.71 bits per heavy atom. The van der Waals surface area contributed by atoms with Crippen molar-refractivity contribution in [3.05, 3.63) is 65.4 Å². The van der Waals surface area contributed by atoms with E-state index in [0.29, 0.717) is 32.0 Å². The lowest BCUT2D eigenvalue weighted by Crippen LogP contribution is -2.41. The molecule has 3 aliphatic heterocycles. The molecule has 2 aromatic carbocycles. The smallest absolute Gasteiger partial charge is 0.274 e. The summed E-state index contributed by atoms with van der Waals surface area (Å²) in [6.07, 6.45) is 3.95. The third kappa shape index (κ3) is 4.17. The summed E-state index contributed by atoms with van der Waals surface area (Å²) in [4.78, 5) is 19.1. The predicted molar refractivity (Wildman–Crippen MR) is 134 cm³/mol. The summed E-state index contributed by atoms with van der Waals surface area (Å²) in [6.45, 7) is 5.80. The quantitative estimate of drug-likeness (QED) is 0.553. The molecule has 2 saturated heterocycles. The number of piperidine rings is 1.